The SMILES string of the molecule is CNc1cc2c(cn1)c(-c1cnn(C)c1)nn2[C@H]1CC[C@@H](Oc2cccc(C(=O)OC)c2)CC1. The van der Waals surface area contributed by atoms with E-state index in [9.17, 15) is 4.79 Å². The molecule has 5 rings (SSSR count). The maximum Gasteiger partial charge on any atom is 0.337 e. The molecular formula is C25H28N6O3. The van der Waals surface area contributed by atoms with Crippen molar-refractivity contribution >= 4 is 22.7 Å². The van der Waals surface area contributed by atoms with Gasteiger partial charge >= 0.3 is 5.97 Å². The second kappa shape index (κ2) is 9.17. The highest BCUT2D eigenvalue weighted by atomic mass is 16.5. The van der Waals surface area contributed by atoms with Gasteiger partial charge in [-0.3, -0.25) is 9.36 Å². The van der Waals surface area contributed by atoms with E-state index in [1.807, 2.05) is 44.8 Å². The van der Waals surface area contributed by atoms with Gasteiger partial charge in [-0.05, 0) is 43.9 Å². The minimum atomic E-state index is -0.362. The number of methoxy groups -OCH3 is 1. The van der Waals surface area contributed by atoms with Crippen molar-refractivity contribution in [2.45, 2.75) is 37.8 Å². The fraction of sp³-hybridized carbons (Fsp3) is 0.360. The van der Waals surface area contributed by atoms with Gasteiger partial charge in [-0.1, -0.05) is 6.07 Å². The molecule has 1 aliphatic carbocycles. The molecular weight excluding hydrogens is 432 g/mol. The first kappa shape index (κ1) is 21.9. The average molecular weight is 461 g/mol. The Morgan fingerprint density at radius 1 is 1.15 bits per heavy atom. The first-order chi connectivity index (χ1) is 16.6. The van der Waals surface area contributed by atoms with Crippen molar-refractivity contribution in [3.63, 3.8) is 0 Å². The number of fused-ring (bicyclic) bond motifs is 1. The van der Waals surface area contributed by atoms with E-state index in [4.69, 9.17) is 14.6 Å². The summed E-state index contributed by atoms with van der Waals surface area (Å²) in [6, 6.07) is 9.49. The number of aromatic nitrogens is 5. The molecule has 4 aromatic rings. The molecule has 1 aliphatic rings. The highest BCUT2D eigenvalue weighted by Crippen LogP contribution is 2.36. The number of carbonyl (C=O) groups excluding carboxylic acids is 1. The third kappa shape index (κ3) is 4.21. The number of hydrogen-bond acceptors (Lipinski definition) is 7. The number of aryl methyl sites for hydroxylation is 1. The number of pyridine rings is 1. The van der Waals surface area contributed by atoms with E-state index in [2.05, 4.69) is 26.1 Å². The lowest BCUT2D eigenvalue weighted by atomic mass is 9.93. The second-order valence-corrected chi connectivity index (χ2v) is 8.60. The van der Waals surface area contributed by atoms with Gasteiger partial charge in [0.25, 0.3) is 0 Å². The second-order valence-electron chi connectivity index (χ2n) is 8.60. The Balaban J connectivity index is 1.36. The molecule has 3 heterocycles. The van der Waals surface area contributed by atoms with E-state index in [-0.39, 0.29) is 18.1 Å². The molecule has 0 amide bonds. The molecule has 1 N–H and O–H groups in total. The van der Waals surface area contributed by atoms with E-state index in [0.717, 1.165) is 53.7 Å². The Morgan fingerprint density at radius 3 is 2.68 bits per heavy atom. The number of nitrogens with one attached hydrogen (secondary N) is 1. The van der Waals surface area contributed by atoms with Gasteiger partial charge in [-0.2, -0.15) is 10.2 Å². The normalized spacial score (nSPS) is 18.1. The Kier molecular flexibility index (Phi) is 5.91. The lowest BCUT2D eigenvalue weighted by Gasteiger charge is -2.29. The molecule has 9 nitrogen and oxygen atoms in total. The van der Waals surface area contributed by atoms with Crippen LogP contribution >= 0.6 is 0 Å². The largest absolute Gasteiger partial charge is 0.490 e. The number of nitrogens with zero attached hydrogens (tertiary/aromatic N) is 5. The maximum atomic E-state index is 11.8. The minimum absolute atomic E-state index is 0.0957. The zero-order chi connectivity index (χ0) is 23.7. The number of rotatable bonds is 6. The maximum absolute atomic E-state index is 11.8. The van der Waals surface area contributed by atoms with Crippen molar-refractivity contribution in [3.05, 3.63) is 54.5 Å². The zero-order valence-electron chi connectivity index (χ0n) is 19.6. The molecule has 0 unspecified atom stereocenters. The molecule has 1 fully saturated rings. The van der Waals surface area contributed by atoms with E-state index in [1.54, 1.807) is 16.8 Å². The molecule has 176 valence electrons. The highest BCUT2D eigenvalue weighted by Gasteiger charge is 2.27. The van der Waals surface area contributed by atoms with E-state index in [0.29, 0.717) is 11.3 Å². The summed E-state index contributed by atoms with van der Waals surface area (Å²) < 4.78 is 15.0. The predicted octanol–water partition coefficient (Wildman–Crippen LogP) is 4.22. The Morgan fingerprint density at radius 2 is 1.97 bits per heavy atom. The van der Waals surface area contributed by atoms with E-state index in [1.165, 1.54) is 7.11 Å². The first-order valence-electron chi connectivity index (χ1n) is 11.5. The first-order valence-corrected chi connectivity index (χ1v) is 11.5. The van der Waals surface area contributed by atoms with Crippen molar-refractivity contribution in [1.29, 1.82) is 0 Å². The lowest BCUT2D eigenvalue weighted by Crippen LogP contribution is -2.26. The summed E-state index contributed by atoms with van der Waals surface area (Å²) in [5, 5.41) is 13.5. The van der Waals surface area contributed by atoms with E-state index >= 15 is 0 Å². The van der Waals surface area contributed by atoms with Crippen LogP contribution in [-0.4, -0.2) is 50.8 Å². The van der Waals surface area contributed by atoms with Crippen LogP contribution in [0.1, 0.15) is 42.1 Å². The summed E-state index contributed by atoms with van der Waals surface area (Å²) in [7, 11) is 5.16. The molecule has 34 heavy (non-hydrogen) atoms. The van der Waals surface area contributed by atoms with Gasteiger partial charge in [0.2, 0.25) is 0 Å². The summed E-state index contributed by atoms with van der Waals surface area (Å²) >= 11 is 0. The van der Waals surface area contributed by atoms with Crippen molar-refractivity contribution in [3.8, 4) is 17.0 Å². The van der Waals surface area contributed by atoms with Crippen molar-refractivity contribution < 1.29 is 14.3 Å². The average Bonchev–Trinajstić information content (AvgIpc) is 3.47. The van der Waals surface area contributed by atoms with E-state index < -0.39 is 0 Å². The quantitative estimate of drug-likeness (QED) is 0.430. The van der Waals surface area contributed by atoms with Gasteiger partial charge in [0, 0.05) is 43.5 Å². The lowest BCUT2D eigenvalue weighted by molar-refractivity contribution is 0.0599. The number of anilines is 1. The molecule has 1 aromatic carbocycles. The topological polar surface area (TPSA) is 96.1 Å². The molecule has 0 saturated heterocycles. The van der Waals surface area contributed by atoms with Crippen molar-refractivity contribution in [2.75, 3.05) is 19.5 Å². The third-order valence-electron chi connectivity index (χ3n) is 6.37. The van der Waals surface area contributed by atoms with Gasteiger partial charge in [0.1, 0.15) is 17.3 Å². The number of esters is 1. The standard InChI is InChI=1S/C25H28N6O3/c1-26-23-12-22-21(14-27-23)24(17-13-28-30(2)15-17)29-31(22)18-7-9-19(10-8-18)34-20-6-4-5-16(11-20)25(32)33-3/h4-6,11-15,18-19H,7-10H2,1-3H3,(H,26,27)/t18-,19+. The van der Waals surface area contributed by atoms with Crippen molar-refractivity contribution in [2.24, 2.45) is 7.05 Å². The summed E-state index contributed by atoms with van der Waals surface area (Å²) in [5.41, 5.74) is 3.44. The zero-order valence-corrected chi connectivity index (χ0v) is 19.6. The molecule has 0 radical (unpaired) electrons. The monoisotopic (exact) mass is 460 g/mol. The smallest absolute Gasteiger partial charge is 0.337 e. The van der Waals surface area contributed by atoms with Crippen LogP contribution in [0.5, 0.6) is 5.75 Å². The summed E-state index contributed by atoms with van der Waals surface area (Å²) in [6.45, 7) is 0. The van der Waals surface area contributed by atoms with Crippen LogP contribution in [0.25, 0.3) is 22.2 Å². The third-order valence-corrected chi connectivity index (χ3v) is 6.37. The van der Waals surface area contributed by atoms with Crippen LogP contribution < -0.4 is 10.1 Å². The minimum Gasteiger partial charge on any atom is -0.490 e. The summed E-state index contributed by atoms with van der Waals surface area (Å²) in [5.74, 6) is 1.15. The van der Waals surface area contributed by atoms with Gasteiger partial charge in [-0.25, -0.2) is 9.78 Å². The molecule has 0 bridgehead atoms. The number of benzene rings is 1. The van der Waals surface area contributed by atoms with Gasteiger partial charge < -0.3 is 14.8 Å². The fourth-order valence-electron chi connectivity index (χ4n) is 4.62. The van der Waals surface area contributed by atoms with Crippen LogP contribution in [0.15, 0.2) is 48.9 Å². The molecule has 0 atom stereocenters. The summed E-state index contributed by atoms with van der Waals surface area (Å²) in [6.07, 6.45) is 9.50. The Labute approximate surface area is 197 Å². The number of hydrogen-bond donors (Lipinski definition) is 1. The van der Waals surface area contributed by atoms with Crippen LogP contribution in [0.2, 0.25) is 0 Å². The number of ether oxygens (including phenoxy) is 2. The Hall–Kier alpha value is -3.88. The van der Waals surface area contributed by atoms with Crippen LogP contribution in [0.3, 0.4) is 0 Å². The molecule has 0 aliphatic heterocycles. The van der Waals surface area contributed by atoms with Crippen LogP contribution in [0, 0.1) is 0 Å². The van der Waals surface area contributed by atoms with Gasteiger partial charge in [0.15, 0.2) is 0 Å². The van der Waals surface area contributed by atoms with Crippen LogP contribution in [0.4, 0.5) is 5.82 Å². The van der Waals surface area contributed by atoms with Crippen LogP contribution in [-0.2, 0) is 11.8 Å². The predicted molar refractivity (Wildman–Crippen MR) is 129 cm³/mol. The highest BCUT2D eigenvalue weighted by molar-refractivity contribution is 5.93. The fourth-order valence-corrected chi connectivity index (χ4v) is 4.62. The summed E-state index contributed by atoms with van der Waals surface area (Å²) in [4.78, 5) is 16.3. The van der Waals surface area contributed by atoms with Crippen molar-refractivity contribution in [1.82, 2.24) is 24.5 Å². The number of carbonyl (C=O) groups is 1. The molecule has 3 aromatic heterocycles. The molecule has 0 spiro atoms. The Bertz CT molecular complexity index is 1320. The van der Waals surface area contributed by atoms with Gasteiger partial charge in [0.05, 0.1) is 36.5 Å². The molecule has 9 heteroatoms. The molecule has 1 saturated carbocycles. The van der Waals surface area contributed by atoms with Gasteiger partial charge in [-0.15, -0.1) is 0 Å².